The average molecular weight is 530 g/mol. The van der Waals surface area contributed by atoms with Crippen LogP contribution >= 0.6 is 0 Å². The van der Waals surface area contributed by atoms with Crippen LogP contribution in [-0.2, 0) is 6.42 Å². The average Bonchev–Trinajstić information content (AvgIpc) is 3.51. The van der Waals surface area contributed by atoms with Gasteiger partial charge in [-0.2, -0.15) is 5.10 Å². The second-order valence-corrected chi connectivity index (χ2v) is 10.1. The first-order valence-electron chi connectivity index (χ1n) is 12.7. The molecule has 2 aliphatic rings. The van der Waals surface area contributed by atoms with Crippen molar-refractivity contribution in [2.45, 2.75) is 6.42 Å². The smallest absolute Gasteiger partial charge is 0.321 e. The number of nitrogens with one attached hydrogen (secondary N) is 2. The third-order valence-corrected chi connectivity index (χ3v) is 7.54. The fourth-order valence-corrected chi connectivity index (χ4v) is 5.61. The maximum absolute atomic E-state index is 14.8. The van der Waals surface area contributed by atoms with E-state index in [0.717, 1.165) is 0 Å². The summed E-state index contributed by atoms with van der Waals surface area (Å²) in [6.45, 7) is 1.76. The zero-order valence-corrected chi connectivity index (χ0v) is 20.9. The van der Waals surface area contributed by atoms with Crippen molar-refractivity contribution in [3.8, 4) is 0 Å². The minimum Gasteiger partial charge on any atom is -0.338 e. The minimum atomic E-state index is -0.601. The van der Waals surface area contributed by atoms with Crippen LogP contribution in [0.25, 0.3) is 10.8 Å². The van der Waals surface area contributed by atoms with Gasteiger partial charge in [-0.1, -0.05) is 30.3 Å². The van der Waals surface area contributed by atoms with Gasteiger partial charge in [-0.25, -0.2) is 18.7 Å². The Morgan fingerprint density at radius 3 is 2.36 bits per heavy atom. The number of benzene rings is 3. The summed E-state index contributed by atoms with van der Waals surface area (Å²) in [6, 6.07) is 17.0. The molecule has 3 amide bonds. The van der Waals surface area contributed by atoms with Crippen molar-refractivity contribution in [1.82, 2.24) is 20.0 Å². The predicted octanol–water partition coefficient (Wildman–Crippen LogP) is 4.03. The summed E-state index contributed by atoms with van der Waals surface area (Å²) in [5, 5.41) is 10.6. The normalized spacial score (nSPS) is 18.4. The molecule has 1 aromatic heterocycles. The predicted molar refractivity (Wildman–Crippen MR) is 141 cm³/mol. The molecule has 0 aliphatic carbocycles. The zero-order chi connectivity index (χ0) is 27.1. The van der Waals surface area contributed by atoms with Gasteiger partial charge in [-0.15, -0.1) is 0 Å². The van der Waals surface area contributed by atoms with Crippen LogP contribution in [0.1, 0.15) is 21.6 Å². The number of aromatic nitrogens is 2. The van der Waals surface area contributed by atoms with Crippen molar-refractivity contribution in [1.29, 1.82) is 0 Å². The lowest BCUT2D eigenvalue weighted by Gasteiger charge is -2.22. The number of hydrogen-bond donors (Lipinski definition) is 2. The van der Waals surface area contributed by atoms with Crippen molar-refractivity contribution in [3.63, 3.8) is 0 Å². The molecule has 0 saturated carbocycles. The van der Waals surface area contributed by atoms with Crippen LogP contribution < -0.4 is 10.9 Å². The van der Waals surface area contributed by atoms with Gasteiger partial charge in [0.2, 0.25) is 0 Å². The number of urea groups is 1. The third-order valence-electron chi connectivity index (χ3n) is 7.54. The quantitative estimate of drug-likeness (QED) is 0.417. The largest absolute Gasteiger partial charge is 0.338 e. The van der Waals surface area contributed by atoms with Crippen molar-refractivity contribution in [3.05, 3.63) is 106 Å². The van der Waals surface area contributed by atoms with E-state index in [9.17, 15) is 23.2 Å². The Bertz CT molecular complexity index is 1640. The van der Waals surface area contributed by atoms with Crippen LogP contribution in [0.4, 0.5) is 19.3 Å². The highest BCUT2D eigenvalue weighted by Gasteiger charge is 2.43. The standard InChI is InChI=1S/C29H25F2N5O3/c30-20-4-3-5-21(12-20)32-29(39)36-15-18-13-35(14-19(18)16-36)28(38)24-10-17(8-9-25(24)31)11-26-22-6-1-2-7-23(22)27(37)34-33-26/h1-10,12,18-19H,11,13-16H2,(H,32,39)(H,34,37). The second-order valence-electron chi connectivity index (χ2n) is 10.1. The van der Waals surface area contributed by atoms with Gasteiger partial charge in [0.25, 0.3) is 11.5 Å². The number of H-pyrrole nitrogens is 1. The van der Waals surface area contributed by atoms with E-state index in [1.165, 1.54) is 24.3 Å². The molecule has 4 aromatic rings. The number of halogens is 2. The molecule has 2 aliphatic heterocycles. The van der Waals surface area contributed by atoms with E-state index in [1.807, 2.05) is 12.1 Å². The summed E-state index contributed by atoms with van der Waals surface area (Å²) in [6.07, 6.45) is 0.318. The Labute approximate surface area is 222 Å². The Balaban J connectivity index is 1.13. The van der Waals surface area contributed by atoms with Crippen molar-refractivity contribution in [2.24, 2.45) is 11.8 Å². The van der Waals surface area contributed by atoms with Gasteiger partial charge in [-0.05, 0) is 42.0 Å². The van der Waals surface area contributed by atoms with Gasteiger partial charge in [0, 0.05) is 55.5 Å². The van der Waals surface area contributed by atoms with Gasteiger partial charge in [0.05, 0.1) is 16.6 Å². The van der Waals surface area contributed by atoms with Crippen LogP contribution in [0, 0.1) is 23.5 Å². The fraction of sp³-hybridized carbons (Fsp3) is 0.241. The number of amides is 3. The number of anilines is 1. The van der Waals surface area contributed by atoms with E-state index in [0.29, 0.717) is 60.3 Å². The van der Waals surface area contributed by atoms with Gasteiger partial charge < -0.3 is 15.1 Å². The topological polar surface area (TPSA) is 98.4 Å². The lowest BCUT2D eigenvalue weighted by molar-refractivity contribution is 0.0772. The first kappa shape index (κ1) is 24.7. The highest BCUT2D eigenvalue weighted by Crippen LogP contribution is 2.33. The van der Waals surface area contributed by atoms with Crippen molar-refractivity contribution < 1.29 is 18.4 Å². The molecular formula is C29H25F2N5O3. The van der Waals surface area contributed by atoms with Gasteiger partial charge >= 0.3 is 6.03 Å². The lowest BCUT2D eigenvalue weighted by Crippen LogP contribution is -2.37. The van der Waals surface area contributed by atoms with Crippen LogP contribution in [-0.4, -0.2) is 58.1 Å². The van der Waals surface area contributed by atoms with E-state index in [4.69, 9.17) is 0 Å². The second kappa shape index (κ2) is 9.94. The first-order chi connectivity index (χ1) is 18.9. The number of rotatable bonds is 4. The van der Waals surface area contributed by atoms with E-state index < -0.39 is 17.5 Å². The monoisotopic (exact) mass is 529 g/mol. The molecule has 2 saturated heterocycles. The number of carbonyl (C=O) groups excluding carboxylic acids is 2. The van der Waals surface area contributed by atoms with Gasteiger partial charge in [0.15, 0.2) is 0 Å². The molecule has 3 heterocycles. The molecule has 0 radical (unpaired) electrons. The lowest BCUT2D eigenvalue weighted by atomic mass is 10.0. The summed E-state index contributed by atoms with van der Waals surface area (Å²) in [4.78, 5) is 41.4. The maximum atomic E-state index is 14.8. The van der Waals surface area contributed by atoms with Crippen LogP contribution in [0.5, 0.6) is 0 Å². The fourth-order valence-electron chi connectivity index (χ4n) is 5.61. The van der Waals surface area contributed by atoms with Crippen molar-refractivity contribution in [2.75, 3.05) is 31.5 Å². The van der Waals surface area contributed by atoms with E-state index in [-0.39, 0.29) is 29.0 Å². The minimum absolute atomic E-state index is 0.0121. The molecule has 10 heteroatoms. The molecule has 2 atom stereocenters. The molecule has 3 aromatic carbocycles. The molecule has 8 nitrogen and oxygen atoms in total. The molecule has 6 rings (SSSR count). The maximum Gasteiger partial charge on any atom is 0.321 e. The number of nitrogens with zero attached hydrogens (tertiary/aromatic N) is 3. The third kappa shape index (κ3) is 4.85. The highest BCUT2D eigenvalue weighted by molar-refractivity contribution is 5.95. The van der Waals surface area contributed by atoms with Crippen LogP contribution in [0.3, 0.4) is 0 Å². The van der Waals surface area contributed by atoms with Crippen molar-refractivity contribution >= 4 is 28.4 Å². The number of carbonyl (C=O) groups is 2. The Morgan fingerprint density at radius 1 is 0.897 bits per heavy atom. The Morgan fingerprint density at radius 2 is 1.62 bits per heavy atom. The SMILES string of the molecule is O=C(Nc1cccc(F)c1)N1CC2CN(C(=O)c3cc(Cc4n[nH]c(=O)c5ccccc45)ccc3F)CC2C1. The van der Waals surface area contributed by atoms with E-state index in [1.54, 1.807) is 40.1 Å². The number of fused-ring (bicyclic) bond motifs is 2. The molecule has 0 spiro atoms. The molecule has 198 valence electrons. The summed E-state index contributed by atoms with van der Waals surface area (Å²) in [7, 11) is 0. The molecular weight excluding hydrogens is 504 g/mol. The summed E-state index contributed by atoms with van der Waals surface area (Å²) >= 11 is 0. The van der Waals surface area contributed by atoms with Crippen LogP contribution in [0.2, 0.25) is 0 Å². The summed E-state index contributed by atoms with van der Waals surface area (Å²) in [5.74, 6) is -1.26. The number of likely N-dealkylation sites (tertiary alicyclic amines) is 2. The number of hydrogen-bond acceptors (Lipinski definition) is 4. The molecule has 2 unspecified atom stereocenters. The van der Waals surface area contributed by atoms with Gasteiger partial charge in [-0.3, -0.25) is 9.59 Å². The Kier molecular flexibility index (Phi) is 6.30. The Hall–Kier alpha value is -4.60. The molecule has 2 fully saturated rings. The summed E-state index contributed by atoms with van der Waals surface area (Å²) < 4.78 is 28.2. The van der Waals surface area contributed by atoms with Crippen LogP contribution in [0.15, 0.2) is 71.5 Å². The molecule has 0 bridgehead atoms. The molecule has 2 N–H and O–H groups in total. The first-order valence-corrected chi connectivity index (χ1v) is 12.7. The van der Waals surface area contributed by atoms with E-state index >= 15 is 0 Å². The number of aromatic amines is 1. The highest BCUT2D eigenvalue weighted by atomic mass is 19.1. The van der Waals surface area contributed by atoms with Gasteiger partial charge in [0.1, 0.15) is 11.6 Å². The zero-order valence-electron chi connectivity index (χ0n) is 20.9. The van der Waals surface area contributed by atoms with E-state index in [2.05, 4.69) is 15.5 Å². The molecule has 39 heavy (non-hydrogen) atoms. The summed E-state index contributed by atoms with van der Waals surface area (Å²) in [5.41, 5.74) is 1.41.